The van der Waals surface area contributed by atoms with Gasteiger partial charge in [0.15, 0.2) is 0 Å². The van der Waals surface area contributed by atoms with Crippen molar-refractivity contribution in [3.8, 4) is 0 Å². The van der Waals surface area contributed by atoms with Gasteiger partial charge < -0.3 is 5.73 Å². The molecule has 1 aliphatic carbocycles. The SMILES string of the molecule is CS(O)(O)CCCCCCC1CCC(N)CC1. The van der Waals surface area contributed by atoms with Gasteiger partial charge in [-0.1, -0.05) is 25.7 Å². The molecule has 1 rings (SSSR count). The van der Waals surface area contributed by atoms with Crippen LogP contribution < -0.4 is 5.73 Å². The van der Waals surface area contributed by atoms with Gasteiger partial charge >= 0.3 is 0 Å². The zero-order valence-corrected chi connectivity index (χ0v) is 11.9. The molecule has 0 bridgehead atoms. The Labute approximate surface area is 108 Å². The monoisotopic (exact) mass is 263 g/mol. The number of nitrogens with two attached hydrogens (primary N) is 1. The van der Waals surface area contributed by atoms with Crippen molar-refractivity contribution >= 4 is 10.6 Å². The van der Waals surface area contributed by atoms with Crippen molar-refractivity contribution in [3.63, 3.8) is 0 Å². The molecule has 4 N–H and O–H groups in total. The standard InChI is InChI=1S/C13H29NO2S/c1-17(15,16)11-5-3-2-4-6-12-7-9-13(14)10-8-12/h12-13,15-16H,2-11,14H2,1H3. The molecule has 0 atom stereocenters. The maximum Gasteiger partial charge on any atom is 0.0371 e. The molecular weight excluding hydrogens is 234 g/mol. The Morgan fingerprint density at radius 2 is 1.59 bits per heavy atom. The van der Waals surface area contributed by atoms with Crippen molar-refractivity contribution in [1.29, 1.82) is 0 Å². The zero-order chi connectivity index (χ0) is 12.7. The minimum absolute atomic E-state index is 0.459. The van der Waals surface area contributed by atoms with E-state index in [0.29, 0.717) is 11.8 Å². The third kappa shape index (κ3) is 8.03. The summed E-state index contributed by atoms with van der Waals surface area (Å²) < 4.78 is 18.5. The van der Waals surface area contributed by atoms with E-state index in [4.69, 9.17) is 5.73 Å². The summed E-state index contributed by atoms with van der Waals surface area (Å²) in [5.74, 6) is 1.48. The highest BCUT2D eigenvalue weighted by Crippen LogP contribution is 2.34. The Bertz CT molecular complexity index is 198. The van der Waals surface area contributed by atoms with E-state index in [9.17, 15) is 9.11 Å². The van der Waals surface area contributed by atoms with Crippen molar-refractivity contribution in [2.24, 2.45) is 11.7 Å². The smallest absolute Gasteiger partial charge is 0.0371 e. The summed E-state index contributed by atoms with van der Waals surface area (Å²) in [6, 6.07) is 0.459. The average Bonchev–Trinajstić information content (AvgIpc) is 2.24. The Morgan fingerprint density at radius 3 is 2.18 bits per heavy atom. The van der Waals surface area contributed by atoms with Gasteiger partial charge in [-0.15, -0.1) is 0 Å². The predicted octanol–water partition coefficient (Wildman–Crippen LogP) is 3.83. The second kappa shape index (κ2) is 7.62. The summed E-state index contributed by atoms with van der Waals surface area (Å²) in [5, 5.41) is 0. The molecule has 0 aromatic carbocycles. The lowest BCUT2D eigenvalue weighted by atomic mass is 9.83. The first-order valence-electron chi connectivity index (χ1n) is 6.94. The van der Waals surface area contributed by atoms with Gasteiger partial charge in [-0.25, -0.2) is 0 Å². The fourth-order valence-electron chi connectivity index (χ4n) is 2.64. The molecule has 4 heteroatoms. The Balaban J connectivity index is 1.91. The maximum absolute atomic E-state index is 9.23. The van der Waals surface area contributed by atoms with E-state index < -0.39 is 10.6 Å². The van der Waals surface area contributed by atoms with Crippen LogP contribution in [-0.2, 0) is 0 Å². The summed E-state index contributed by atoms with van der Waals surface area (Å²) in [6.07, 6.45) is 12.6. The highest BCUT2D eigenvalue weighted by Gasteiger charge is 2.17. The first-order chi connectivity index (χ1) is 7.97. The molecule has 0 aliphatic heterocycles. The number of hydrogen-bond acceptors (Lipinski definition) is 3. The van der Waals surface area contributed by atoms with Gasteiger partial charge in [0.05, 0.1) is 0 Å². The Hall–Kier alpha value is 0.230. The summed E-state index contributed by atoms with van der Waals surface area (Å²) in [7, 11) is -2.25. The van der Waals surface area contributed by atoms with Gasteiger partial charge in [0, 0.05) is 18.1 Å². The lowest BCUT2D eigenvalue weighted by Crippen LogP contribution is -2.26. The van der Waals surface area contributed by atoms with Crippen LogP contribution >= 0.6 is 10.6 Å². The summed E-state index contributed by atoms with van der Waals surface area (Å²) in [4.78, 5) is 0. The topological polar surface area (TPSA) is 66.5 Å². The average molecular weight is 263 g/mol. The Kier molecular flexibility index (Phi) is 6.85. The van der Waals surface area contributed by atoms with Crippen LogP contribution in [0.1, 0.15) is 57.8 Å². The third-order valence-electron chi connectivity index (χ3n) is 3.78. The first kappa shape index (κ1) is 15.3. The minimum Gasteiger partial charge on any atom is -0.328 e. The molecule has 0 heterocycles. The van der Waals surface area contributed by atoms with Crippen molar-refractivity contribution < 1.29 is 9.11 Å². The van der Waals surface area contributed by atoms with Crippen LogP contribution in [0.25, 0.3) is 0 Å². The quantitative estimate of drug-likeness (QED) is 0.611. The van der Waals surface area contributed by atoms with Crippen LogP contribution in [0.5, 0.6) is 0 Å². The molecule has 17 heavy (non-hydrogen) atoms. The molecule has 0 radical (unpaired) electrons. The lowest BCUT2D eigenvalue weighted by Gasteiger charge is -2.27. The van der Waals surface area contributed by atoms with Crippen LogP contribution in [-0.4, -0.2) is 27.2 Å². The van der Waals surface area contributed by atoms with Crippen LogP contribution in [0.3, 0.4) is 0 Å². The van der Waals surface area contributed by atoms with Crippen LogP contribution in [0.2, 0.25) is 0 Å². The van der Waals surface area contributed by atoms with E-state index in [-0.39, 0.29) is 0 Å². The van der Waals surface area contributed by atoms with E-state index in [2.05, 4.69) is 0 Å². The van der Waals surface area contributed by atoms with Crippen molar-refractivity contribution in [3.05, 3.63) is 0 Å². The van der Waals surface area contributed by atoms with Gasteiger partial charge in [0.25, 0.3) is 0 Å². The molecule has 0 saturated heterocycles. The number of rotatable bonds is 7. The minimum atomic E-state index is -2.25. The van der Waals surface area contributed by atoms with E-state index >= 15 is 0 Å². The van der Waals surface area contributed by atoms with Crippen molar-refractivity contribution in [2.75, 3.05) is 12.0 Å². The van der Waals surface area contributed by atoms with Crippen LogP contribution in [0, 0.1) is 5.92 Å². The molecule has 1 saturated carbocycles. The highest BCUT2D eigenvalue weighted by molar-refractivity contribution is 8.23. The van der Waals surface area contributed by atoms with Crippen molar-refractivity contribution in [2.45, 2.75) is 63.8 Å². The number of hydrogen-bond donors (Lipinski definition) is 3. The van der Waals surface area contributed by atoms with Gasteiger partial charge in [-0.3, -0.25) is 9.11 Å². The molecule has 0 aromatic heterocycles. The lowest BCUT2D eigenvalue weighted by molar-refractivity contribution is 0.302. The summed E-state index contributed by atoms with van der Waals surface area (Å²) in [5.41, 5.74) is 5.89. The molecule has 0 aromatic rings. The zero-order valence-electron chi connectivity index (χ0n) is 11.1. The highest BCUT2D eigenvalue weighted by atomic mass is 32.3. The molecule has 1 fully saturated rings. The second-order valence-electron chi connectivity index (χ2n) is 5.68. The van der Waals surface area contributed by atoms with Gasteiger partial charge in [-0.2, -0.15) is 10.6 Å². The molecular formula is C13H29NO2S. The molecule has 0 amide bonds. The fourth-order valence-corrected chi connectivity index (χ4v) is 3.39. The third-order valence-corrected chi connectivity index (χ3v) is 4.85. The predicted molar refractivity (Wildman–Crippen MR) is 76.7 cm³/mol. The van der Waals surface area contributed by atoms with Gasteiger partial charge in [-0.05, 0) is 38.0 Å². The second-order valence-corrected chi connectivity index (χ2v) is 8.08. The Morgan fingerprint density at radius 1 is 1.00 bits per heavy atom. The molecule has 0 spiro atoms. The van der Waals surface area contributed by atoms with E-state index in [1.165, 1.54) is 51.2 Å². The van der Waals surface area contributed by atoms with Gasteiger partial charge in [0.1, 0.15) is 0 Å². The molecule has 1 aliphatic rings. The molecule has 3 nitrogen and oxygen atoms in total. The maximum atomic E-state index is 9.23. The van der Waals surface area contributed by atoms with E-state index in [1.807, 2.05) is 0 Å². The fraction of sp³-hybridized carbons (Fsp3) is 1.00. The summed E-state index contributed by atoms with van der Waals surface area (Å²) in [6.45, 7) is 0. The van der Waals surface area contributed by atoms with Crippen LogP contribution in [0.15, 0.2) is 0 Å². The van der Waals surface area contributed by atoms with Gasteiger partial charge in [0.2, 0.25) is 0 Å². The first-order valence-corrected chi connectivity index (χ1v) is 9.06. The normalized spacial score (nSPS) is 27.1. The van der Waals surface area contributed by atoms with E-state index in [1.54, 1.807) is 0 Å². The largest absolute Gasteiger partial charge is 0.328 e. The van der Waals surface area contributed by atoms with Crippen LogP contribution in [0.4, 0.5) is 0 Å². The van der Waals surface area contributed by atoms with Crippen molar-refractivity contribution in [1.82, 2.24) is 0 Å². The number of unbranched alkanes of at least 4 members (excludes halogenated alkanes) is 3. The molecule has 104 valence electrons. The summed E-state index contributed by atoms with van der Waals surface area (Å²) >= 11 is 0. The molecule has 0 unspecified atom stereocenters. The van der Waals surface area contributed by atoms with E-state index in [0.717, 1.165) is 18.8 Å².